The number of piperidine rings is 1. The van der Waals surface area contributed by atoms with Gasteiger partial charge in [0.2, 0.25) is 0 Å². The number of hydrazine groups is 1. The molecule has 0 radical (unpaired) electrons. The van der Waals surface area contributed by atoms with Crippen LogP contribution in [0.25, 0.3) is 0 Å². The Morgan fingerprint density at radius 3 is 2.70 bits per heavy atom. The van der Waals surface area contributed by atoms with E-state index in [0.29, 0.717) is 11.9 Å². The molecular formula is C15H27N5. The first-order valence-corrected chi connectivity index (χ1v) is 7.58. The number of nitrogens with zero attached hydrogens (tertiary/aromatic N) is 3. The summed E-state index contributed by atoms with van der Waals surface area (Å²) in [5, 5.41) is 0. The zero-order valence-electron chi connectivity index (χ0n) is 13.1. The molecule has 1 fully saturated rings. The fraction of sp³-hybridized carbons (Fsp3) is 0.733. The monoisotopic (exact) mass is 277 g/mol. The molecule has 112 valence electrons. The number of nitrogens with one attached hydrogen (secondary N) is 1. The Bertz CT molecular complexity index is 452. The minimum absolute atomic E-state index is 0.0842. The number of hydrogen-bond acceptors (Lipinski definition) is 5. The van der Waals surface area contributed by atoms with E-state index in [0.717, 1.165) is 24.6 Å². The zero-order valence-corrected chi connectivity index (χ0v) is 13.1. The summed E-state index contributed by atoms with van der Waals surface area (Å²) >= 11 is 0. The van der Waals surface area contributed by atoms with E-state index in [1.165, 1.54) is 19.3 Å². The van der Waals surface area contributed by atoms with Gasteiger partial charge in [-0.25, -0.2) is 15.8 Å². The van der Waals surface area contributed by atoms with E-state index in [1.807, 2.05) is 6.07 Å². The van der Waals surface area contributed by atoms with Gasteiger partial charge in [-0.1, -0.05) is 27.7 Å². The van der Waals surface area contributed by atoms with E-state index in [1.54, 1.807) is 0 Å². The van der Waals surface area contributed by atoms with E-state index >= 15 is 0 Å². The molecule has 5 nitrogen and oxygen atoms in total. The van der Waals surface area contributed by atoms with Gasteiger partial charge in [0, 0.05) is 24.1 Å². The van der Waals surface area contributed by atoms with Crippen molar-refractivity contribution in [1.29, 1.82) is 0 Å². The van der Waals surface area contributed by atoms with Crippen LogP contribution in [-0.4, -0.2) is 22.6 Å². The summed E-state index contributed by atoms with van der Waals surface area (Å²) in [6, 6.07) is 2.54. The van der Waals surface area contributed by atoms with Gasteiger partial charge < -0.3 is 10.3 Å². The maximum atomic E-state index is 5.57. The van der Waals surface area contributed by atoms with Gasteiger partial charge in [0.05, 0.1) is 0 Å². The van der Waals surface area contributed by atoms with Crippen LogP contribution in [0.5, 0.6) is 0 Å². The summed E-state index contributed by atoms with van der Waals surface area (Å²) in [7, 11) is 0. The van der Waals surface area contributed by atoms with Crippen molar-refractivity contribution >= 4 is 11.6 Å². The topological polar surface area (TPSA) is 67.1 Å². The Morgan fingerprint density at radius 2 is 2.10 bits per heavy atom. The second-order valence-corrected chi connectivity index (χ2v) is 6.58. The summed E-state index contributed by atoms with van der Waals surface area (Å²) in [5.41, 5.74) is 2.59. The van der Waals surface area contributed by atoms with Crippen LogP contribution < -0.4 is 16.2 Å². The Kier molecular flexibility index (Phi) is 4.48. The van der Waals surface area contributed by atoms with E-state index in [4.69, 9.17) is 10.8 Å². The summed E-state index contributed by atoms with van der Waals surface area (Å²) < 4.78 is 0. The Hall–Kier alpha value is -1.36. The molecule has 2 rings (SSSR count). The minimum Gasteiger partial charge on any atom is -0.353 e. The molecule has 5 heteroatoms. The normalized spacial score (nSPS) is 20.1. The third-order valence-corrected chi connectivity index (χ3v) is 3.92. The molecular weight excluding hydrogens is 250 g/mol. The predicted molar refractivity (Wildman–Crippen MR) is 83.8 cm³/mol. The molecule has 1 aromatic heterocycles. The number of anilines is 2. The van der Waals surface area contributed by atoms with Crippen LogP contribution in [0, 0.1) is 0 Å². The summed E-state index contributed by atoms with van der Waals surface area (Å²) in [4.78, 5) is 11.7. The highest BCUT2D eigenvalue weighted by atomic mass is 15.3. The average Bonchev–Trinajstić information content (AvgIpc) is 2.45. The van der Waals surface area contributed by atoms with Gasteiger partial charge in [-0.3, -0.25) is 0 Å². The first-order valence-electron chi connectivity index (χ1n) is 7.58. The second kappa shape index (κ2) is 5.95. The van der Waals surface area contributed by atoms with Crippen molar-refractivity contribution in [1.82, 2.24) is 9.97 Å². The first kappa shape index (κ1) is 15.0. The fourth-order valence-electron chi connectivity index (χ4n) is 2.72. The van der Waals surface area contributed by atoms with E-state index in [2.05, 4.69) is 43.0 Å². The van der Waals surface area contributed by atoms with Crippen molar-refractivity contribution in [3.63, 3.8) is 0 Å². The SMILES string of the molecule is CCC1CCCCN1c1cc(NN)nc(C(C)(C)C)n1. The van der Waals surface area contributed by atoms with Gasteiger partial charge in [-0.15, -0.1) is 0 Å². The van der Waals surface area contributed by atoms with Crippen LogP contribution in [0.1, 0.15) is 59.2 Å². The Labute approximate surface area is 121 Å². The molecule has 0 saturated carbocycles. The van der Waals surface area contributed by atoms with E-state index in [-0.39, 0.29) is 5.41 Å². The van der Waals surface area contributed by atoms with Gasteiger partial charge in [-0.05, 0) is 25.7 Å². The van der Waals surface area contributed by atoms with Gasteiger partial charge in [-0.2, -0.15) is 0 Å². The van der Waals surface area contributed by atoms with Gasteiger partial charge in [0.1, 0.15) is 17.5 Å². The molecule has 1 unspecified atom stereocenters. The maximum Gasteiger partial charge on any atom is 0.145 e. The third kappa shape index (κ3) is 3.20. The molecule has 0 amide bonds. The highest BCUT2D eigenvalue weighted by Gasteiger charge is 2.25. The van der Waals surface area contributed by atoms with Crippen LogP contribution in [0.15, 0.2) is 6.07 Å². The van der Waals surface area contributed by atoms with E-state index < -0.39 is 0 Å². The molecule has 1 atom stereocenters. The lowest BCUT2D eigenvalue weighted by atomic mass is 9.95. The molecule has 0 aromatic carbocycles. The van der Waals surface area contributed by atoms with Crippen LogP contribution >= 0.6 is 0 Å². The van der Waals surface area contributed by atoms with E-state index in [9.17, 15) is 0 Å². The number of nitrogen functional groups attached to an aromatic ring is 1. The number of hydrogen-bond donors (Lipinski definition) is 2. The summed E-state index contributed by atoms with van der Waals surface area (Å²) in [6.07, 6.45) is 4.95. The molecule has 0 bridgehead atoms. The molecule has 2 heterocycles. The van der Waals surface area contributed by atoms with Gasteiger partial charge in [0.15, 0.2) is 0 Å². The van der Waals surface area contributed by atoms with Crippen molar-refractivity contribution in [3.8, 4) is 0 Å². The molecule has 1 saturated heterocycles. The lowest BCUT2D eigenvalue weighted by Crippen LogP contribution is -2.40. The smallest absolute Gasteiger partial charge is 0.145 e. The average molecular weight is 277 g/mol. The van der Waals surface area contributed by atoms with Crippen LogP contribution in [0.2, 0.25) is 0 Å². The third-order valence-electron chi connectivity index (χ3n) is 3.92. The fourth-order valence-corrected chi connectivity index (χ4v) is 2.72. The van der Waals surface area contributed by atoms with Gasteiger partial charge >= 0.3 is 0 Å². The highest BCUT2D eigenvalue weighted by molar-refractivity contribution is 5.50. The van der Waals surface area contributed by atoms with Crippen molar-refractivity contribution in [2.24, 2.45) is 5.84 Å². The van der Waals surface area contributed by atoms with Crippen molar-refractivity contribution < 1.29 is 0 Å². The van der Waals surface area contributed by atoms with Crippen molar-refractivity contribution in [3.05, 3.63) is 11.9 Å². The Balaban J connectivity index is 2.39. The van der Waals surface area contributed by atoms with Crippen LogP contribution in [0.3, 0.4) is 0 Å². The maximum absolute atomic E-state index is 5.57. The molecule has 0 aliphatic carbocycles. The molecule has 20 heavy (non-hydrogen) atoms. The standard InChI is InChI=1S/C15H27N5/c1-5-11-8-6-7-9-20(11)13-10-12(19-16)17-14(18-13)15(2,3)4/h10-11H,5-9,16H2,1-4H3,(H,17,18,19). The predicted octanol–water partition coefficient (Wildman–Crippen LogP) is 2.83. The number of aromatic nitrogens is 2. The zero-order chi connectivity index (χ0) is 14.8. The molecule has 1 aliphatic rings. The minimum atomic E-state index is -0.0842. The highest BCUT2D eigenvalue weighted by Crippen LogP contribution is 2.29. The molecule has 3 N–H and O–H groups in total. The summed E-state index contributed by atoms with van der Waals surface area (Å²) in [6.45, 7) is 9.69. The van der Waals surface area contributed by atoms with Crippen LogP contribution in [0.4, 0.5) is 11.6 Å². The molecule has 0 spiro atoms. The first-order chi connectivity index (χ1) is 9.45. The van der Waals surface area contributed by atoms with Crippen molar-refractivity contribution in [2.75, 3.05) is 16.9 Å². The van der Waals surface area contributed by atoms with Crippen LogP contribution in [-0.2, 0) is 5.41 Å². The molecule has 1 aromatic rings. The van der Waals surface area contributed by atoms with Crippen molar-refractivity contribution in [2.45, 2.75) is 64.8 Å². The number of nitrogens with two attached hydrogens (primary N) is 1. The Morgan fingerprint density at radius 1 is 1.35 bits per heavy atom. The lowest BCUT2D eigenvalue weighted by Gasteiger charge is -2.36. The largest absolute Gasteiger partial charge is 0.353 e. The summed E-state index contributed by atoms with van der Waals surface area (Å²) in [5.74, 6) is 8.10. The van der Waals surface area contributed by atoms with Gasteiger partial charge in [0.25, 0.3) is 0 Å². The lowest BCUT2D eigenvalue weighted by molar-refractivity contribution is 0.444. The second-order valence-electron chi connectivity index (χ2n) is 6.58. The quantitative estimate of drug-likeness (QED) is 0.657. The number of rotatable bonds is 3. The molecule has 1 aliphatic heterocycles.